The highest BCUT2D eigenvalue weighted by molar-refractivity contribution is 5.80. The molecule has 0 unspecified atom stereocenters. The van der Waals surface area contributed by atoms with E-state index in [1.54, 1.807) is 0 Å². The maximum absolute atomic E-state index is 11.9. The number of carbonyl (C=O) groups excluding carboxylic acids is 1. The van der Waals surface area contributed by atoms with Crippen LogP contribution >= 0.6 is 0 Å². The average molecular weight is 350 g/mol. The minimum atomic E-state index is 0.185. The van der Waals surface area contributed by atoms with Crippen LogP contribution < -0.4 is 10.6 Å². The Balaban J connectivity index is 1.41. The van der Waals surface area contributed by atoms with Crippen LogP contribution in [0.5, 0.6) is 0 Å². The van der Waals surface area contributed by atoms with E-state index < -0.39 is 0 Å². The molecule has 3 rings (SSSR count). The van der Waals surface area contributed by atoms with Gasteiger partial charge in [0.2, 0.25) is 5.91 Å². The molecule has 0 radical (unpaired) electrons. The van der Waals surface area contributed by atoms with E-state index in [2.05, 4.69) is 32.3 Å². The molecular weight excluding hydrogens is 314 g/mol. The number of amides is 1. The van der Waals surface area contributed by atoms with Gasteiger partial charge in [-0.05, 0) is 37.5 Å². The van der Waals surface area contributed by atoms with Crippen LogP contribution in [-0.4, -0.2) is 74.0 Å². The van der Waals surface area contributed by atoms with Gasteiger partial charge in [0, 0.05) is 45.8 Å². The molecule has 6 nitrogen and oxygen atoms in total. The van der Waals surface area contributed by atoms with Gasteiger partial charge in [0.1, 0.15) is 0 Å². The summed E-state index contributed by atoms with van der Waals surface area (Å²) in [4.78, 5) is 21.1. The number of aliphatic imine (C=N–C) groups is 1. The molecule has 1 heterocycles. The van der Waals surface area contributed by atoms with Crippen LogP contribution in [0.1, 0.15) is 51.9 Å². The molecule has 142 valence electrons. The third kappa shape index (κ3) is 5.09. The SMILES string of the molecule is CCC1(CNC(=NC)N2CCN(CC(=O)NC3CC3)CC2)CCCC1. The van der Waals surface area contributed by atoms with E-state index in [1.807, 2.05) is 7.05 Å². The van der Waals surface area contributed by atoms with Gasteiger partial charge >= 0.3 is 0 Å². The number of piperazine rings is 1. The van der Waals surface area contributed by atoms with Gasteiger partial charge in [0.15, 0.2) is 5.96 Å². The molecular formula is C19H35N5O. The standard InChI is InChI=1S/C19H35N5O/c1-3-19(8-4-5-9-19)15-21-18(20-2)24-12-10-23(11-13-24)14-17(25)22-16-6-7-16/h16H,3-15H2,1-2H3,(H,20,21)(H,22,25). The molecule has 0 aromatic heterocycles. The highest BCUT2D eigenvalue weighted by Crippen LogP contribution is 2.40. The molecule has 1 saturated heterocycles. The fourth-order valence-corrected chi connectivity index (χ4v) is 4.20. The monoisotopic (exact) mass is 349 g/mol. The molecule has 2 aliphatic carbocycles. The molecule has 3 fully saturated rings. The Morgan fingerprint density at radius 3 is 2.40 bits per heavy atom. The van der Waals surface area contributed by atoms with Crippen LogP contribution in [0, 0.1) is 5.41 Å². The third-order valence-electron chi connectivity index (χ3n) is 6.23. The Morgan fingerprint density at radius 1 is 1.16 bits per heavy atom. The lowest BCUT2D eigenvalue weighted by atomic mass is 9.83. The first-order chi connectivity index (χ1) is 12.1. The molecule has 0 spiro atoms. The van der Waals surface area contributed by atoms with Crippen molar-refractivity contribution in [3.63, 3.8) is 0 Å². The molecule has 0 aromatic carbocycles. The summed E-state index contributed by atoms with van der Waals surface area (Å²) in [6.07, 6.45) is 8.99. The van der Waals surface area contributed by atoms with E-state index in [0.29, 0.717) is 18.0 Å². The van der Waals surface area contributed by atoms with Crippen molar-refractivity contribution in [2.45, 2.75) is 57.9 Å². The van der Waals surface area contributed by atoms with Gasteiger partial charge in [-0.25, -0.2) is 0 Å². The number of carbonyl (C=O) groups is 1. The normalized spacial score (nSPS) is 24.4. The second kappa shape index (κ2) is 8.39. The lowest BCUT2D eigenvalue weighted by Crippen LogP contribution is -2.55. The van der Waals surface area contributed by atoms with Gasteiger partial charge in [0.05, 0.1) is 6.54 Å². The van der Waals surface area contributed by atoms with Gasteiger partial charge in [-0.15, -0.1) is 0 Å². The van der Waals surface area contributed by atoms with Crippen molar-refractivity contribution in [2.24, 2.45) is 10.4 Å². The topological polar surface area (TPSA) is 60.0 Å². The lowest BCUT2D eigenvalue weighted by molar-refractivity contribution is -0.122. The first kappa shape index (κ1) is 18.5. The van der Waals surface area contributed by atoms with Gasteiger partial charge in [-0.2, -0.15) is 0 Å². The summed E-state index contributed by atoms with van der Waals surface area (Å²) in [6.45, 7) is 7.64. The van der Waals surface area contributed by atoms with Crippen molar-refractivity contribution in [2.75, 3.05) is 46.3 Å². The molecule has 3 aliphatic rings. The van der Waals surface area contributed by atoms with Crippen LogP contribution in [0.25, 0.3) is 0 Å². The molecule has 6 heteroatoms. The Hall–Kier alpha value is -1.30. The van der Waals surface area contributed by atoms with Crippen molar-refractivity contribution >= 4 is 11.9 Å². The number of hydrogen-bond acceptors (Lipinski definition) is 3. The summed E-state index contributed by atoms with van der Waals surface area (Å²) in [7, 11) is 1.88. The predicted molar refractivity (Wildman–Crippen MR) is 102 cm³/mol. The number of nitrogens with one attached hydrogen (secondary N) is 2. The van der Waals surface area contributed by atoms with Crippen molar-refractivity contribution in [1.29, 1.82) is 0 Å². The minimum absolute atomic E-state index is 0.185. The smallest absolute Gasteiger partial charge is 0.234 e. The van der Waals surface area contributed by atoms with Crippen molar-refractivity contribution in [3.05, 3.63) is 0 Å². The second-order valence-corrected chi connectivity index (χ2v) is 8.07. The van der Waals surface area contributed by atoms with Crippen LogP contribution in [0.2, 0.25) is 0 Å². The summed E-state index contributed by atoms with van der Waals surface area (Å²) in [6, 6.07) is 0.457. The molecule has 0 atom stereocenters. The summed E-state index contributed by atoms with van der Waals surface area (Å²) < 4.78 is 0. The van der Waals surface area contributed by atoms with Crippen LogP contribution in [0.4, 0.5) is 0 Å². The highest BCUT2D eigenvalue weighted by Gasteiger charge is 2.32. The Morgan fingerprint density at radius 2 is 1.84 bits per heavy atom. The molecule has 25 heavy (non-hydrogen) atoms. The molecule has 0 bridgehead atoms. The van der Waals surface area contributed by atoms with Gasteiger partial charge in [0.25, 0.3) is 0 Å². The van der Waals surface area contributed by atoms with E-state index >= 15 is 0 Å². The zero-order valence-electron chi connectivity index (χ0n) is 16.0. The Kier molecular flexibility index (Phi) is 6.20. The quantitative estimate of drug-likeness (QED) is 0.563. The van der Waals surface area contributed by atoms with Crippen LogP contribution in [0.15, 0.2) is 4.99 Å². The highest BCUT2D eigenvalue weighted by atomic mass is 16.2. The molecule has 2 N–H and O–H groups in total. The van der Waals surface area contributed by atoms with Gasteiger partial charge < -0.3 is 15.5 Å². The van der Waals surface area contributed by atoms with Crippen LogP contribution in [-0.2, 0) is 4.79 Å². The van der Waals surface area contributed by atoms with Gasteiger partial charge in [-0.1, -0.05) is 19.8 Å². The minimum Gasteiger partial charge on any atom is -0.356 e. The second-order valence-electron chi connectivity index (χ2n) is 8.07. The van der Waals surface area contributed by atoms with E-state index in [1.165, 1.54) is 32.1 Å². The predicted octanol–water partition coefficient (Wildman–Crippen LogP) is 1.43. The fourth-order valence-electron chi connectivity index (χ4n) is 4.20. The zero-order chi connectivity index (χ0) is 17.7. The van der Waals surface area contributed by atoms with E-state index in [9.17, 15) is 4.79 Å². The molecule has 1 aliphatic heterocycles. The zero-order valence-corrected chi connectivity index (χ0v) is 16.0. The average Bonchev–Trinajstić information content (AvgIpc) is 3.31. The number of hydrogen-bond donors (Lipinski definition) is 2. The summed E-state index contributed by atoms with van der Waals surface area (Å²) in [5.41, 5.74) is 0.471. The van der Waals surface area contributed by atoms with E-state index in [0.717, 1.165) is 51.5 Å². The number of guanidine groups is 1. The summed E-state index contributed by atoms with van der Waals surface area (Å²) in [5.74, 6) is 1.21. The third-order valence-corrected chi connectivity index (χ3v) is 6.23. The molecule has 2 saturated carbocycles. The van der Waals surface area contributed by atoms with E-state index in [-0.39, 0.29) is 5.91 Å². The summed E-state index contributed by atoms with van der Waals surface area (Å²) in [5, 5.41) is 6.72. The number of rotatable bonds is 6. The number of nitrogens with zero attached hydrogens (tertiary/aromatic N) is 3. The Labute approximate surface area is 152 Å². The van der Waals surface area contributed by atoms with E-state index in [4.69, 9.17) is 0 Å². The lowest BCUT2D eigenvalue weighted by Gasteiger charge is -2.37. The Bertz CT molecular complexity index is 474. The van der Waals surface area contributed by atoms with Gasteiger partial charge in [-0.3, -0.25) is 14.7 Å². The first-order valence-electron chi connectivity index (χ1n) is 10.1. The largest absolute Gasteiger partial charge is 0.356 e. The first-order valence-corrected chi connectivity index (χ1v) is 10.1. The summed E-state index contributed by atoms with van der Waals surface area (Å²) >= 11 is 0. The maximum Gasteiger partial charge on any atom is 0.234 e. The molecule has 0 aromatic rings. The maximum atomic E-state index is 11.9. The van der Waals surface area contributed by atoms with Crippen molar-refractivity contribution < 1.29 is 4.79 Å². The van der Waals surface area contributed by atoms with Crippen molar-refractivity contribution in [1.82, 2.24) is 20.4 Å². The van der Waals surface area contributed by atoms with Crippen molar-refractivity contribution in [3.8, 4) is 0 Å². The van der Waals surface area contributed by atoms with Crippen LogP contribution in [0.3, 0.4) is 0 Å². The fraction of sp³-hybridized carbons (Fsp3) is 0.895. The molecule has 1 amide bonds.